The molecule has 1 aliphatic rings. The van der Waals surface area contributed by atoms with Crippen LogP contribution in [0.3, 0.4) is 0 Å². The third kappa shape index (κ3) is 1.72. The van der Waals surface area contributed by atoms with E-state index in [9.17, 15) is 0 Å². The van der Waals surface area contributed by atoms with Crippen molar-refractivity contribution < 1.29 is 0 Å². The second-order valence-electron chi connectivity index (χ2n) is 4.90. The zero-order valence-corrected chi connectivity index (χ0v) is 10.8. The van der Waals surface area contributed by atoms with Crippen molar-refractivity contribution in [3.05, 3.63) is 23.8 Å². The summed E-state index contributed by atoms with van der Waals surface area (Å²) >= 11 is 1.58. The van der Waals surface area contributed by atoms with Crippen LogP contribution in [-0.4, -0.2) is 18.6 Å². The minimum absolute atomic E-state index is 0.349. The van der Waals surface area contributed by atoms with Gasteiger partial charge in [0.05, 0.1) is 10.2 Å². The average Bonchev–Trinajstić information content (AvgIpc) is 2.62. The first-order chi connectivity index (χ1) is 8.23. The molecule has 0 unspecified atom stereocenters. The third-order valence-corrected chi connectivity index (χ3v) is 4.69. The monoisotopic (exact) mass is 247 g/mol. The average molecular weight is 247 g/mol. The van der Waals surface area contributed by atoms with Crippen molar-refractivity contribution in [2.24, 2.45) is 0 Å². The van der Waals surface area contributed by atoms with Crippen LogP contribution in [0.4, 0.5) is 5.13 Å². The summed E-state index contributed by atoms with van der Waals surface area (Å²) in [5.41, 5.74) is 8.56. The van der Waals surface area contributed by atoms with Gasteiger partial charge in [0.2, 0.25) is 0 Å². The highest BCUT2D eigenvalue weighted by Crippen LogP contribution is 2.44. The molecule has 0 saturated heterocycles. The summed E-state index contributed by atoms with van der Waals surface area (Å²) in [6.45, 7) is 1.06. The number of nitrogens with one attached hydrogen (secondary N) is 1. The van der Waals surface area contributed by atoms with Gasteiger partial charge in [-0.3, -0.25) is 0 Å². The molecule has 4 heteroatoms. The van der Waals surface area contributed by atoms with E-state index in [1.165, 1.54) is 29.5 Å². The van der Waals surface area contributed by atoms with Crippen molar-refractivity contribution in [1.82, 2.24) is 10.3 Å². The molecule has 0 atom stereocenters. The third-order valence-electron chi connectivity index (χ3n) is 3.84. The van der Waals surface area contributed by atoms with Crippen LogP contribution >= 0.6 is 11.3 Å². The Bertz CT molecular complexity index is 543. The van der Waals surface area contributed by atoms with E-state index >= 15 is 0 Å². The largest absolute Gasteiger partial charge is 0.375 e. The molecule has 0 amide bonds. The Hall–Kier alpha value is -1.13. The van der Waals surface area contributed by atoms with Crippen LogP contribution in [-0.2, 0) is 5.41 Å². The highest BCUT2D eigenvalue weighted by molar-refractivity contribution is 7.22. The summed E-state index contributed by atoms with van der Waals surface area (Å²) < 4.78 is 1.21. The summed E-state index contributed by atoms with van der Waals surface area (Å²) in [6, 6.07) is 6.60. The summed E-state index contributed by atoms with van der Waals surface area (Å²) in [5, 5.41) is 3.99. The molecule has 1 saturated carbocycles. The van der Waals surface area contributed by atoms with Crippen LogP contribution in [0.5, 0.6) is 0 Å². The molecule has 0 spiro atoms. The molecule has 2 aromatic rings. The molecule has 1 fully saturated rings. The molecule has 0 radical (unpaired) electrons. The summed E-state index contributed by atoms with van der Waals surface area (Å²) in [5.74, 6) is 0. The minimum atomic E-state index is 0.349. The minimum Gasteiger partial charge on any atom is -0.375 e. The number of fused-ring (bicyclic) bond motifs is 1. The lowest BCUT2D eigenvalue weighted by atomic mass is 9.64. The van der Waals surface area contributed by atoms with Gasteiger partial charge in [-0.25, -0.2) is 4.98 Å². The Morgan fingerprint density at radius 2 is 2.29 bits per heavy atom. The second-order valence-corrected chi connectivity index (χ2v) is 5.96. The molecule has 1 aromatic heterocycles. The number of benzene rings is 1. The maximum absolute atomic E-state index is 5.75. The lowest BCUT2D eigenvalue weighted by molar-refractivity contribution is 0.239. The van der Waals surface area contributed by atoms with Crippen LogP contribution in [0.25, 0.3) is 10.2 Å². The Morgan fingerprint density at radius 1 is 1.47 bits per heavy atom. The van der Waals surface area contributed by atoms with Crippen molar-refractivity contribution in [3.63, 3.8) is 0 Å². The Kier molecular flexibility index (Phi) is 2.56. The zero-order valence-electron chi connectivity index (χ0n) is 9.99. The van der Waals surface area contributed by atoms with Gasteiger partial charge in [0.25, 0.3) is 0 Å². The predicted octanol–water partition coefficient (Wildman–Crippen LogP) is 2.52. The van der Waals surface area contributed by atoms with Gasteiger partial charge in [-0.15, -0.1) is 0 Å². The first-order valence-corrected chi connectivity index (χ1v) is 6.86. The number of thiazole rings is 1. The molecule has 0 aliphatic heterocycles. The molecule has 1 aromatic carbocycles. The molecule has 0 bridgehead atoms. The van der Waals surface area contributed by atoms with Gasteiger partial charge in [0.15, 0.2) is 5.13 Å². The molecule has 3 N–H and O–H groups in total. The van der Waals surface area contributed by atoms with Gasteiger partial charge in [0, 0.05) is 12.0 Å². The molecule has 3 rings (SSSR count). The van der Waals surface area contributed by atoms with Crippen molar-refractivity contribution >= 4 is 26.7 Å². The number of nitrogen functional groups attached to an aromatic ring is 1. The number of anilines is 1. The van der Waals surface area contributed by atoms with Crippen molar-refractivity contribution in [2.75, 3.05) is 19.3 Å². The number of nitrogens with two attached hydrogens (primary N) is 1. The van der Waals surface area contributed by atoms with E-state index in [1.54, 1.807) is 11.3 Å². The van der Waals surface area contributed by atoms with Gasteiger partial charge in [-0.05, 0) is 37.6 Å². The summed E-state index contributed by atoms with van der Waals surface area (Å²) in [4.78, 5) is 4.31. The molecule has 1 aliphatic carbocycles. The highest BCUT2D eigenvalue weighted by Gasteiger charge is 2.38. The summed E-state index contributed by atoms with van der Waals surface area (Å²) in [7, 11) is 2.03. The lowest BCUT2D eigenvalue weighted by Gasteiger charge is -2.42. The maximum Gasteiger partial charge on any atom is 0.181 e. The smallest absolute Gasteiger partial charge is 0.181 e. The van der Waals surface area contributed by atoms with Crippen LogP contribution in [0, 0.1) is 0 Å². The topological polar surface area (TPSA) is 50.9 Å². The standard InChI is InChI=1S/C13H17N3S/c1-15-8-13(5-2-6-13)9-3-4-10-11(7-9)17-12(14)16-10/h3-4,7,15H,2,5-6,8H2,1H3,(H2,14,16). The number of hydrogen-bond acceptors (Lipinski definition) is 4. The van der Waals surface area contributed by atoms with E-state index in [0.29, 0.717) is 10.5 Å². The highest BCUT2D eigenvalue weighted by atomic mass is 32.1. The molecular formula is C13H17N3S. The maximum atomic E-state index is 5.75. The van der Waals surface area contributed by atoms with Crippen LogP contribution in [0.1, 0.15) is 24.8 Å². The van der Waals surface area contributed by atoms with Crippen LogP contribution in [0.15, 0.2) is 18.2 Å². The fourth-order valence-corrected chi connectivity index (χ4v) is 3.56. The van der Waals surface area contributed by atoms with Crippen molar-refractivity contribution in [1.29, 1.82) is 0 Å². The molecule has 1 heterocycles. The van der Waals surface area contributed by atoms with Gasteiger partial charge in [-0.1, -0.05) is 23.8 Å². The first kappa shape index (κ1) is 11.0. The normalized spacial score (nSPS) is 18.2. The number of aromatic nitrogens is 1. The van der Waals surface area contributed by atoms with Crippen LogP contribution in [0.2, 0.25) is 0 Å². The molecule has 17 heavy (non-hydrogen) atoms. The lowest BCUT2D eigenvalue weighted by Crippen LogP contribution is -2.42. The Balaban J connectivity index is 2.04. The van der Waals surface area contributed by atoms with E-state index in [4.69, 9.17) is 5.73 Å². The zero-order chi connectivity index (χ0) is 11.9. The van der Waals surface area contributed by atoms with Crippen molar-refractivity contribution in [3.8, 4) is 0 Å². The van der Waals surface area contributed by atoms with Gasteiger partial charge < -0.3 is 11.1 Å². The molecule has 90 valence electrons. The van der Waals surface area contributed by atoms with E-state index in [1.807, 2.05) is 7.05 Å². The van der Waals surface area contributed by atoms with E-state index in [0.717, 1.165) is 12.1 Å². The van der Waals surface area contributed by atoms with Gasteiger partial charge in [0.1, 0.15) is 0 Å². The van der Waals surface area contributed by atoms with E-state index < -0.39 is 0 Å². The van der Waals surface area contributed by atoms with E-state index in [2.05, 4.69) is 28.5 Å². The fourth-order valence-electron chi connectivity index (χ4n) is 2.78. The van der Waals surface area contributed by atoms with Gasteiger partial charge >= 0.3 is 0 Å². The quantitative estimate of drug-likeness (QED) is 0.876. The van der Waals surface area contributed by atoms with Gasteiger partial charge in [-0.2, -0.15) is 0 Å². The molecule has 3 nitrogen and oxygen atoms in total. The first-order valence-electron chi connectivity index (χ1n) is 6.05. The van der Waals surface area contributed by atoms with Crippen molar-refractivity contribution in [2.45, 2.75) is 24.7 Å². The predicted molar refractivity (Wildman–Crippen MR) is 73.5 cm³/mol. The van der Waals surface area contributed by atoms with Crippen LogP contribution < -0.4 is 11.1 Å². The number of hydrogen-bond donors (Lipinski definition) is 2. The number of likely N-dealkylation sites (N-methyl/N-ethyl adjacent to an activating group) is 1. The Morgan fingerprint density at radius 3 is 2.94 bits per heavy atom. The van der Waals surface area contributed by atoms with E-state index in [-0.39, 0.29) is 0 Å². The second kappa shape index (κ2) is 3.96. The SMILES string of the molecule is CNCC1(c2ccc3nc(N)sc3c2)CCC1. The molecular weight excluding hydrogens is 230 g/mol. The summed E-state index contributed by atoms with van der Waals surface area (Å²) in [6.07, 6.45) is 3.91. The number of rotatable bonds is 3. The number of nitrogens with zero attached hydrogens (tertiary/aromatic N) is 1. The fraction of sp³-hybridized carbons (Fsp3) is 0.462. The Labute approximate surface area is 105 Å².